The van der Waals surface area contributed by atoms with Gasteiger partial charge < -0.3 is 20.7 Å². The van der Waals surface area contributed by atoms with Crippen molar-refractivity contribution in [3.8, 4) is 11.5 Å². The molecule has 1 aromatic heterocycles. The van der Waals surface area contributed by atoms with Gasteiger partial charge in [0.2, 0.25) is 5.95 Å². The van der Waals surface area contributed by atoms with E-state index in [1.54, 1.807) is 12.4 Å². The molecule has 1 saturated heterocycles. The van der Waals surface area contributed by atoms with Crippen molar-refractivity contribution in [1.82, 2.24) is 9.97 Å². The van der Waals surface area contributed by atoms with Crippen molar-refractivity contribution in [2.75, 3.05) is 29.9 Å². The van der Waals surface area contributed by atoms with Crippen LogP contribution in [0.15, 0.2) is 78.0 Å². The maximum absolute atomic E-state index is 6.13. The molecule has 1 aliphatic heterocycles. The molecular weight excluding hydrogens is 376 g/mol. The van der Waals surface area contributed by atoms with E-state index in [9.17, 15) is 0 Å². The molecule has 7 nitrogen and oxygen atoms in total. The van der Waals surface area contributed by atoms with Gasteiger partial charge in [-0.05, 0) is 49.1 Å². The minimum absolute atomic E-state index is 0.403. The van der Waals surface area contributed by atoms with Crippen LogP contribution in [-0.4, -0.2) is 35.6 Å². The van der Waals surface area contributed by atoms with Gasteiger partial charge in [0.15, 0.2) is 5.96 Å². The molecule has 4 rings (SSSR count). The van der Waals surface area contributed by atoms with Crippen molar-refractivity contribution in [2.24, 2.45) is 16.6 Å². The van der Waals surface area contributed by atoms with Gasteiger partial charge >= 0.3 is 0 Å². The Morgan fingerprint density at radius 3 is 2.70 bits per heavy atom. The number of benzene rings is 2. The number of rotatable bonds is 6. The van der Waals surface area contributed by atoms with Gasteiger partial charge in [0.25, 0.3) is 0 Å². The zero-order chi connectivity index (χ0) is 20.6. The molecule has 0 radical (unpaired) electrons. The summed E-state index contributed by atoms with van der Waals surface area (Å²) in [5, 5.41) is 3.16. The molecule has 1 aliphatic rings. The van der Waals surface area contributed by atoms with Gasteiger partial charge in [0, 0.05) is 43.8 Å². The number of ether oxygens (including phenoxy) is 1. The number of hydrogen-bond acceptors (Lipinski definition) is 5. The molecule has 0 aliphatic carbocycles. The SMILES string of the molecule is NC(=NCC1CCCN(c2ncccn2)C1)Nc1cccc(Oc2ccccc2)c1. The second kappa shape index (κ2) is 9.73. The first kappa shape index (κ1) is 19.7. The number of aliphatic imine (C=N–C) groups is 1. The molecule has 1 unspecified atom stereocenters. The number of guanidine groups is 1. The van der Waals surface area contributed by atoms with Crippen LogP contribution in [0.5, 0.6) is 11.5 Å². The van der Waals surface area contributed by atoms with E-state index in [1.165, 1.54) is 0 Å². The van der Waals surface area contributed by atoms with Crippen molar-refractivity contribution < 1.29 is 4.74 Å². The predicted octanol–water partition coefficient (Wildman–Crippen LogP) is 3.91. The fourth-order valence-electron chi connectivity index (χ4n) is 3.53. The molecule has 0 amide bonds. The molecule has 154 valence electrons. The first-order valence-electron chi connectivity index (χ1n) is 10.2. The molecule has 0 spiro atoms. The average Bonchev–Trinajstić information content (AvgIpc) is 2.79. The first-order valence-corrected chi connectivity index (χ1v) is 10.2. The van der Waals surface area contributed by atoms with E-state index in [0.717, 1.165) is 49.1 Å². The summed E-state index contributed by atoms with van der Waals surface area (Å²) in [6, 6.07) is 19.2. The zero-order valence-electron chi connectivity index (χ0n) is 16.8. The van der Waals surface area contributed by atoms with E-state index in [0.29, 0.717) is 18.4 Å². The van der Waals surface area contributed by atoms with Crippen molar-refractivity contribution in [2.45, 2.75) is 12.8 Å². The number of nitrogens with one attached hydrogen (secondary N) is 1. The number of anilines is 2. The summed E-state index contributed by atoms with van der Waals surface area (Å²) in [6.45, 7) is 2.54. The van der Waals surface area contributed by atoms with Crippen LogP contribution in [0.4, 0.5) is 11.6 Å². The van der Waals surface area contributed by atoms with Gasteiger partial charge in [0.1, 0.15) is 11.5 Å². The lowest BCUT2D eigenvalue weighted by Crippen LogP contribution is -2.38. The molecule has 3 N–H and O–H groups in total. The van der Waals surface area contributed by atoms with E-state index in [4.69, 9.17) is 10.5 Å². The summed E-state index contributed by atoms with van der Waals surface area (Å²) in [6.07, 6.45) is 5.79. The molecule has 1 atom stereocenters. The van der Waals surface area contributed by atoms with Gasteiger partial charge in [-0.3, -0.25) is 4.99 Å². The number of nitrogens with zero attached hydrogens (tertiary/aromatic N) is 4. The number of para-hydroxylation sites is 1. The molecule has 1 fully saturated rings. The number of aromatic nitrogens is 2. The van der Waals surface area contributed by atoms with E-state index in [2.05, 4.69) is 25.2 Å². The second-order valence-electron chi connectivity index (χ2n) is 7.30. The van der Waals surface area contributed by atoms with Crippen molar-refractivity contribution in [3.05, 3.63) is 73.1 Å². The van der Waals surface area contributed by atoms with Gasteiger partial charge in [0.05, 0.1) is 0 Å². The summed E-state index contributed by atoms with van der Waals surface area (Å²) in [7, 11) is 0. The highest BCUT2D eigenvalue weighted by atomic mass is 16.5. The van der Waals surface area contributed by atoms with Gasteiger partial charge in [-0.2, -0.15) is 0 Å². The normalized spacial score (nSPS) is 16.9. The van der Waals surface area contributed by atoms with Crippen LogP contribution in [0, 0.1) is 5.92 Å². The summed E-state index contributed by atoms with van der Waals surface area (Å²) >= 11 is 0. The Balaban J connectivity index is 1.32. The molecule has 30 heavy (non-hydrogen) atoms. The highest BCUT2D eigenvalue weighted by Crippen LogP contribution is 2.24. The molecule has 7 heteroatoms. The largest absolute Gasteiger partial charge is 0.457 e. The molecule has 2 aromatic carbocycles. The van der Waals surface area contributed by atoms with E-state index < -0.39 is 0 Å². The van der Waals surface area contributed by atoms with Gasteiger partial charge in [-0.25, -0.2) is 9.97 Å². The Kier molecular flexibility index (Phi) is 6.39. The van der Waals surface area contributed by atoms with E-state index in [1.807, 2.05) is 60.7 Å². The highest BCUT2D eigenvalue weighted by Gasteiger charge is 2.21. The lowest BCUT2D eigenvalue weighted by molar-refractivity contribution is 0.420. The third-order valence-electron chi connectivity index (χ3n) is 4.96. The monoisotopic (exact) mass is 402 g/mol. The van der Waals surface area contributed by atoms with Crippen LogP contribution in [0.1, 0.15) is 12.8 Å². The molecule has 2 heterocycles. The molecule has 3 aromatic rings. The van der Waals surface area contributed by atoms with Crippen LogP contribution in [0.3, 0.4) is 0 Å². The van der Waals surface area contributed by atoms with Crippen LogP contribution < -0.4 is 20.7 Å². The van der Waals surface area contributed by atoms with Crippen LogP contribution >= 0.6 is 0 Å². The Morgan fingerprint density at radius 1 is 1.07 bits per heavy atom. The predicted molar refractivity (Wildman–Crippen MR) is 120 cm³/mol. The number of hydrogen-bond donors (Lipinski definition) is 2. The third kappa shape index (κ3) is 5.47. The summed E-state index contributed by atoms with van der Waals surface area (Å²) in [5.41, 5.74) is 6.97. The third-order valence-corrected chi connectivity index (χ3v) is 4.96. The Labute approximate surface area is 176 Å². The maximum Gasteiger partial charge on any atom is 0.225 e. The second-order valence-corrected chi connectivity index (χ2v) is 7.30. The summed E-state index contributed by atoms with van der Waals surface area (Å²) in [4.78, 5) is 15.5. The van der Waals surface area contributed by atoms with Gasteiger partial charge in [-0.15, -0.1) is 0 Å². The first-order chi connectivity index (χ1) is 14.8. The smallest absolute Gasteiger partial charge is 0.225 e. The Hall–Kier alpha value is -3.61. The summed E-state index contributed by atoms with van der Waals surface area (Å²) < 4.78 is 5.87. The topological polar surface area (TPSA) is 88.7 Å². The van der Waals surface area contributed by atoms with Crippen LogP contribution in [0.25, 0.3) is 0 Å². The quantitative estimate of drug-likeness (QED) is 0.480. The van der Waals surface area contributed by atoms with Crippen molar-refractivity contribution >= 4 is 17.6 Å². The molecule has 0 bridgehead atoms. The standard InChI is InChI=1S/C23H26N6O/c24-22(27-16-18-7-5-14-29(17-18)23-25-12-6-13-26-23)28-19-8-4-11-21(15-19)30-20-9-2-1-3-10-20/h1-4,6,8-13,15,18H,5,7,14,16-17H2,(H3,24,27,28). The van der Waals surface area contributed by atoms with Crippen molar-refractivity contribution in [3.63, 3.8) is 0 Å². The fourth-order valence-corrected chi connectivity index (χ4v) is 3.53. The number of piperidine rings is 1. The maximum atomic E-state index is 6.13. The van der Waals surface area contributed by atoms with E-state index in [-0.39, 0.29) is 0 Å². The van der Waals surface area contributed by atoms with Crippen molar-refractivity contribution in [1.29, 1.82) is 0 Å². The van der Waals surface area contributed by atoms with Crippen LogP contribution in [0.2, 0.25) is 0 Å². The highest BCUT2D eigenvalue weighted by molar-refractivity contribution is 5.92. The Bertz CT molecular complexity index is 964. The van der Waals surface area contributed by atoms with Crippen LogP contribution in [-0.2, 0) is 0 Å². The lowest BCUT2D eigenvalue weighted by atomic mass is 9.98. The fraction of sp³-hybridized carbons (Fsp3) is 0.261. The summed E-state index contributed by atoms with van der Waals surface area (Å²) in [5.74, 6) is 3.15. The average molecular weight is 403 g/mol. The minimum atomic E-state index is 0.403. The Morgan fingerprint density at radius 2 is 1.87 bits per heavy atom. The molecular formula is C23H26N6O. The van der Waals surface area contributed by atoms with Gasteiger partial charge in [-0.1, -0.05) is 24.3 Å². The minimum Gasteiger partial charge on any atom is -0.457 e. The zero-order valence-corrected chi connectivity index (χ0v) is 16.8. The number of nitrogens with two attached hydrogens (primary N) is 1. The molecule has 0 saturated carbocycles. The van der Waals surface area contributed by atoms with E-state index >= 15 is 0 Å². The lowest BCUT2D eigenvalue weighted by Gasteiger charge is -2.31.